The summed E-state index contributed by atoms with van der Waals surface area (Å²) in [6, 6.07) is 23.7. The van der Waals surface area contributed by atoms with Crippen molar-refractivity contribution in [2.24, 2.45) is 0 Å². The van der Waals surface area contributed by atoms with Gasteiger partial charge in [-0.3, -0.25) is 24.1 Å². The minimum atomic E-state index is -0.705. The smallest absolute Gasteiger partial charge is 0.261 e. The first-order valence-corrected chi connectivity index (χ1v) is 15.0. The van der Waals surface area contributed by atoms with E-state index in [9.17, 15) is 19.2 Å². The number of rotatable bonds is 11. The number of carbonyl (C=O) groups excluding carboxylic acids is 4. The molecule has 0 spiro atoms. The number of halogens is 1. The minimum absolute atomic E-state index is 0.101. The highest BCUT2D eigenvalue weighted by atomic mass is 79.9. The van der Waals surface area contributed by atoms with Gasteiger partial charge in [0.1, 0.15) is 6.04 Å². The standard InChI is InChI=1S/C33H34BrN3O4/c34-25-13-8-12-24(20-25)22-37(29(21-23-10-2-1-3-11-23)31(39)35-26-14-4-5-15-26)30(38)18-9-19-36-32(40)27-16-6-7-17-28(27)33(36)41/h1-3,6-8,10-13,16-17,20,26,29H,4-5,9,14-15,18-19,21-22H2,(H,35,39)/t29-/m1/s1. The predicted octanol–water partition coefficient (Wildman–Crippen LogP) is 5.52. The summed E-state index contributed by atoms with van der Waals surface area (Å²) in [7, 11) is 0. The van der Waals surface area contributed by atoms with Gasteiger partial charge in [0.25, 0.3) is 11.8 Å². The van der Waals surface area contributed by atoms with E-state index in [0.717, 1.165) is 41.3 Å². The van der Waals surface area contributed by atoms with Crippen LogP contribution in [0.15, 0.2) is 83.3 Å². The summed E-state index contributed by atoms with van der Waals surface area (Å²) >= 11 is 3.52. The van der Waals surface area contributed by atoms with Gasteiger partial charge in [-0.1, -0.05) is 83.4 Å². The van der Waals surface area contributed by atoms with Gasteiger partial charge in [-0.2, -0.15) is 0 Å². The summed E-state index contributed by atoms with van der Waals surface area (Å²) in [4.78, 5) is 56.2. The molecule has 5 rings (SSSR count). The van der Waals surface area contributed by atoms with Crippen LogP contribution in [0.4, 0.5) is 0 Å². The van der Waals surface area contributed by atoms with Gasteiger partial charge in [-0.05, 0) is 54.7 Å². The molecule has 8 heteroatoms. The van der Waals surface area contributed by atoms with Crippen LogP contribution in [0.2, 0.25) is 0 Å². The van der Waals surface area contributed by atoms with E-state index in [-0.39, 0.29) is 49.2 Å². The molecule has 4 amide bonds. The van der Waals surface area contributed by atoms with Crippen LogP contribution < -0.4 is 5.32 Å². The zero-order valence-electron chi connectivity index (χ0n) is 22.9. The van der Waals surface area contributed by atoms with E-state index in [1.807, 2.05) is 54.6 Å². The van der Waals surface area contributed by atoms with Gasteiger partial charge in [-0.25, -0.2) is 0 Å². The van der Waals surface area contributed by atoms with Crippen molar-refractivity contribution >= 4 is 39.6 Å². The van der Waals surface area contributed by atoms with Crippen LogP contribution in [-0.4, -0.2) is 52.1 Å². The quantitative estimate of drug-likeness (QED) is 0.288. The Morgan fingerprint density at radius 2 is 1.51 bits per heavy atom. The van der Waals surface area contributed by atoms with Crippen molar-refractivity contribution in [2.45, 2.75) is 63.6 Å². The summed E-state index contributed by atoms with van der Waals surface area (Å²) in [5.41, 5.74) is 2.66. The van der Waals surface area contributed by atoms with Crippen molar-refractivity contribution in [1.82, 2.24) is 15.1 Å². The molecule has 7 nitrogen and oxygen atoms in total. The highest BCUT2D eigenvalue weighted by molar-refractivity contribution is 9.10. The Bertz CT molecular complexity index is 1390. The lowest BCUT2D eigenvalue weighted by Crippen LogP contribution is -2.52. The molecule has 1 fully saturated rings. The van der Waals surface area contributed by atoms with E-state index in [4.69, 9.17) is 0 Å². The molecule has 0 bridgehead atoms. The number of amides is 4. The molecule has 0 saturated heterocycles. The summed E-state index contributed by atoms with van der Waals surface area (Å²) in [6.07, 6.45) is 4.87. The number of hydrogen-bond donors (Lipinski definition) is 1. The maximum absolute atomic E-state index is 13.9. The number of imide groups is 1. The lowest BCUT2D eigenvalue weighted by molar-refractivity contribution is -0.141. The van der Waals surface area contributed by atoms with Gasteiger partial charge in [-0.15, -0.1) is 0 Å². The van der Waals surface area contributed by atoms with Gasteiger partial charge >= 0.3 is 0 Å². The molecule has 1 N–H and O–H groups in total. The lowest BCUT2D eigenvalue weighted by Gasteiger charge is -2.32. The highest BCUT2D eigenvalue weighted by Crippen LogP contribution is 2.24. The molecule has 0 unspecified atom stereocenters. The van der Waals surface area contributed by atoms with Crippen LogP contribution in [0.25, 0.3) is 0 Å². The number of nitrogens with zero attached hydrogens (tertiary/aromatic N) is 2. The molecule has 41 heavy (non-hydrogen) atoms. The van der Waals surface area contributed by atoms with E-state index in [0.29, 0.717) is 24.0 Å². The summed E-state index contributed by atoms with van der Waals surface area (Å²) in [5.74, 6) is -1.00. The topological polar surface area (TPSA) is 86.8 Å². The second-order valence-corrected chi connectivity index (χ2v) is 11.7. The lowest BCUT2D eigenvalue weighted by atomic mass is 10.0. The second kappa shape index (κ2) is 13.3. The Morgan fingerprint density at radius 3 is 2.17 bits per heavy atom. The third-order valence-electron chi connectivity index (χ3n) is 7.87. The fourth-order valence-corrected chi connectivity index (χ4v) is 6.17. The van der Waals surface area contributed by atoms with Crippen molar-refractivity contribution in [3.8, 4) is 0 Å². The van der Waals surface area contributed by atoms with Crippen molar-refractivity contribution in [1.29, 1.82) is 0 Å². The average Bonchev–Trinajstić information content (AvgIpc) is 3.57. The summed E-state index contributed by atoms with van der Waals surface area (Å²) in [5, 5.41) is 3.21. The van der Waals surface area contributed by atoms with E-state index >= 15 is 0 Å². The Hall–Kier alpha value is -3.78. The van der Waals surface area contributed by atoms with Gasteiger partial charge in [0.15, 0.2) is 0 Å². The third kappa shape index (κ3) is 6.93. The summed E-state index contributed by atoms with van der Waals surface area (Å²) < 4.78 is 0.892. The van der Waals surface area contributed by atoms with Gasteiger partial charge in [0.2, 0.25) is 11.8 Å². The SMILES string of the molecule is O=C(NC1CCCC1)[C@@H](Cc1ccccc1)N(Cc1cccc(Br)c1)C(=O)CCCN1C(=O)c2ccccc2C1=O. The van der Waals surface area contributed by atoms with Crippen LogP contribution in [0, 0.1) is 0 Å². The first kappa shape index (κ1) is 28.7. The van der Waals surface area contributed by atoms with Gasteiger partial charge in [0.05, 0.1) is 11.1 Å². The van der Waals surface area contributed by atoms with E-state index in [1.165, 1.54) is 4.90 Å². The van der Waals surface area contributed by atoms with E-state index in [1.54, 1.807) is 29.2 Å². The van der Waals surface area contributed by atoms with Crippen LogP contribution in [-0.2, 0) is 22.6 Å². The molecule has 3 aromatic carbocycles. The fraction of sp³-hybridized carbons (Fsp3) is 0.333. The van der Waals surface area contributed by atoms with Crippen molar-refractivity contribution < 1.29 is 19.2 Å². The Balaban J connectivity index is 1.35. The number of benzene rings is 3. The number of hydrogen-bond acceptors (Lipinski definition) is 4. The number of nitrogens with one attached hydrogen (secondary N) is 1. The Labute approximate surface area is 249 Å². The molecule has 1 aliphatic heterocycles. The predicted molar refractivity (Wildman–Crippen MR) is 160 cm³/mol. The molecule has 3 aromatic rings. The molecule has 1 aliphatic carbocycles. The monoisotopic (exact) mass is 615 g/mol. The molecule has 0 aromatic heterocycles. The van der Waals surface area contributed by atoms with Crippen molar-refractivity contribution in [3.63, 3.8) is 0 Å². The van der Waals surface area contributed by atoms with Crippen LogP contribution >= 0.6 is 15.9 Å². The highest BCUT2D eigenvalue weighted by Gasteiger charge is 2.36. The Morgan fingerprint density at radius 1 is 0.878 bits per heavy atom. The van der Waals surface area contributed by atoms with Gasteiger partial charge in [0, 0.05) is 36.4 Å². The van der Waals surface area contributed by atoms with Crippen LogP contribution in [0.3, 0.4) is 0 Å². The molecule has 1 heterocycles. The van der Waals surface area contributed by atoms with Crippen molar-refractivity contribution in [2.75, 3.05) is 6.54 Å². The molecule has 0 radical (unpaired) electrons. The molecule has 1 saturated carbocycles. The maximum atomic E-state index is 13.9. The number of fused-ring (bicyclic) bond motifs is 1. The zero-order valence-corrected chi connectivity index (χ0v) is 24.5. The zero-order chi connectivity index (χ0) is 28.8. The van der Waals surface area contributed by atoms with Crippen LogP contribution in [0.1, 0.15) is 70.4 Å². The normalized spacial score (nSPS) is 15.6. The molecule has 212 valence electrons. The summed E-state index contributed by atoms with van der Waals surface area (Å²) in [6.45, 7) is 0.404. The minimum Gasteiger partial charge on any atom is -0.352 e. The Kier molecular flexibility index (Phi) is 9.29. The first-order valence-electron chi connectivity index (χ1n) is 14.2. The third-order valence-corrected chi connectivity index (χ3v) is 8.36. The van der Waals surface area contributed by atoms with E-state index < -0.39 is 6.04 Å². The fourth-order valence-electron chi connectivity index (χ4n) is 5.73. The maximum Gasteiger partial charge on any atom is 0.261 e. The number of carbonyl (C=O) groups is 4. The van der Waals surface area contributed by atoms with Crippen molar-refractivity contribution in [3.05, 3.63) is 106 Å². The molecule has 1 atom stereocenters. The molecular weight excluding hydrogens is 582 g/mol. The molecule has 2 aliphatic rings. The molecular formula is C33H34BrN3O4. The van der Waals surface area contributed by atoms with Crippen LogP contribution in [0.5, 0.6) is 0 Å². The average molecular weight is 617 g/mol. The van der Waals surface area contributed by atoms with Gasteiger partial charge < -0.3 is 10.2 Å². The van der Waals surface area contributed by atoms with E-state index in [2.05, 4.69) is 21.2 Å². The first-order chi connectivity index (χ1) is 19.9. The largest absolute Gasteiger partial charge is 0.352 e. The second-order valence-electron chi connectivity index (χ2n) is 10.8.